The van der Waals surface area contributed by atoms with Gasteiger partial charge < -0.3 is 10.8 Å². The Balaban J connectivity index is 3.56. The lowest BCUT2D eigenvalue weighted by Gasteiger charge is -2.06. The van der Waals surface area contributed by atoms with Gasteiger partial charge in [-0.3, -0.25) is 0 Å². The lowest BCUT2D eigenvalue weighted by molar-refractivity contribution is 0.263. The van der Waals surface area contributed by atoms with E-state index in [4.69, 9.17) is 10.8 Å². The maximum atomic E-state index is 12.7. The molecule has 2 nitrogen and oxygen atoms in total. The Morgan fingerprint density at radius 1 is 0.923 bits per heavy atom. The van der Waals surface area contributed by atoms with Crippen molar-refractivity contribution >= 4 is 5.69 Å². The second-order valence-corrected chi connectivity index (χ2v) is 2.31. The van der Waals surface area contributed by atoms with Crippen molar-refractivity contribution in [3.8, 4) is 0 Å². The minimum Gasteiger partial charge on any atom is -0.394 e. The van der Waals surface area contributed by atoms with Gasteiger partial charge in [0.2, 0.25) is 0 Å². The number of hydrogen-bond acceptors (Lipinski definition) is 2. The summed E-state index contributed by atoms with van der Waals surface area (Å²) >= 11 is 0. The van der Waals surface area contributed by atoms with E-state index < -0.39 is 41.1 Å². The molecule has 13 heavy (non-hydrogen) atoms. The maximum absolute atomic E-state index is 12.7. The fraction of sp³-hybridized carbons (Fsp3) is 0.143. The Hall–Kier alpha value is -1.30. The van der Waals surface area contributed by atoms with E-state index in [-0.39, 0.29) is 0 Å². The zero-order chi connectivity index (χ0) is 10.2. The van der Waals surface area contributed by atoms with E-state index in [9.17, 15) is 17.6 Å². The average Bonchev–Trinajstić information content (AvgIpc) is 2.13. The predicted octanol–water partition coefficient (Wildman–Crippen LogP) is 1.32. The van der Waals surface area contributed by atoms with Crippen molar-refractivity contribution in [1.29, 1.82) is 0 Å². The largest absolute Gasteiger partial charge is 0.394 e. The molecule has 0 saturated carbocycles. The van der Waals surface area contributed by atoms with Gasteiger partial charge in [0.25, 0.3) is 0 Å². The van der Waals surface area contributed by atoms with Gasteiger partial charge in [0.15, 0.2) is 23.3 Å². The summed E-state index contributed by atoms with van der Waals surface area (Å²) in [6, 6.07) is 0. The third-order valence-corrected chi connectivity index (χ3v) is 1.55. The number of aliphatic hydroxyl groups is 1. The number of halogens is 4. The van der Waals surface area contributed by atoms with Gasteiger partial charge >= 0.3 is 0 Å². The van der Waals surface area contributed by atoms with Gasteiger partial charge in [0, 0.05) is 0 Å². The zero-order valence-electron chi connectivity index (χ0n) is 6.24. The highest BCUT2D eigenvalue weighted by Gasteiger charge is 2.22. The smallest absolute Gasteiger partial charge is 0.185 e. The SMILES string of the molecule is Nc1c(F)c(F)c(CO)c(F)c1F. The molecule has 6 heteroatoms. The van der Waals surface area contributed by atoms with Gasteiger partial charge in [-0.05, 0) is 0 Å². The van der Waals surface area contributed by atoms with Crippen molar-refractivity contribution < 1.29 is 22.7 Å². The molecule has 0 fully saturated rings. The minimum atomic E-state index is -1.69. The van der Waals surface area contributed by atoms with Crippen molar-refractivity contribution in [2.24, 2.45) is 0 Å². The topological polar surface area (TPSA) is 46.2 Å². The van der Waals surface area contributed by atoms with Gasteiger partial charge in [-0.25, -0.2) is 17.6 Å². The summed E-state index contributed by atoms with van der Waals surface area (Å²) in [7, 11) is 0. The van der Waals surface area contributed by atoms with Crippen LogP contribution in [0.25, 0.3) is 0 Å². The Kier molecular flexibility index (Phi) is 2.42. The molecule has 0 aliphatic rings. The van der Waals surface area contributed by atoms with E-state index in [1.807, 2.05) is 0 Å². The fourth-order valence-electron chi connectivity index (χ4n) is 0.833. The zero-order valence-corrected chi connectivity index (χ0v) is 6.24. The van der Waals surface area contributed by atoms with Crippen LogP contribution in [0, 0.1) is 23.3 Å². The number of nitrogen functional groups attached to an aromatic ring is 1. The van der Waals surface area contributed by atoms with Crippen molar-refractivity contribution in [3.63, 3.8) is 0 Å². The first-order valence-corrected chi connectivity index (χ1v) is 3.21. The molecule has 1 aromatic carbocycles. The second kappa shape index (κ2) is 3.21. The summed E-state index contributed by atoms with van der Waals surface area (Å²) in [5, 5.41) is 8.38. The minimum absolute atomic E-state index is 1.07. The molecule has 0 unspecified atom stereocenters. The van der Waals surface area contributed by atoms with E-state index in [1.54, 1.807) is 0 Å². The first-order valence-electron chi connectivity index (χ1n) is 3.21. The third kappa shape index (κ3) is 1.33. The molecule has 0 aliphatic heterocycles. The van der Waals surface area contributed by atoms with Gasteiger partial charge in [-0.1, -0.05) is 0 Å². The van der Waals surface area contributed by atoms with Gasteiger partial charge in [0.05, 0.1) is 12.2 Å². The quantitative estimate of drug-likeness (QED) is 0.403. The molecule has 0 spiro atoms. The Morgan fingerprint density at radius 3 is 1.62 bits per heavy atom. The molecule has 3 N–H and O–H groups in total. The molecule has 0 aromatic heterocycles. The third-order valence-electron chi connectivity index (χ3n) is 1.55. The predicted molar refractivity (Wildman–Crippen MR) is 36.6 cm³/mol. The van der Waals surface area contributed by atoms with Crippen LogP contribution < -0.4 is 5.73 Å². The van der Waals surface area contributed by atoms with Crippen LogP contribution in [-0.4, -0.2) is 5.11 Å². The molecule has 0 aliphatic carbocycles. The maximum Gasteiger partial charge on any atom is 0.185 e. The number of benzene rings is 1. The summed E-state index contributed by atoms with van der Waals surface area (Å²) in [5.74, 6) is -6.72. The molecular formula is C7H5F4NO. The Labute approximate surface area is 70.6 Å². The molecule has 72 valence electrons. The van der Waals surface area contributed by atoms with Gasteiger partial charge in [-0.2, -0.15) is 0 Å². The molecular weight excluding hydrogens is 190 g/mol. The highest BCUT2D eigenvalue weighted by molar-refractivity contribution is 5.45. The van der Waals surface area contributed by atoms with Crippen LogP contribution in [0.15, 0.2) is 0 Å². The summed E-state index contributed by atoms with van der Waals surface area (Å²) in [4.78, 5) is 0. The average molecular weight is 195 g/mol. The molecule has 1 rings (SSSR count). The number of aliphatic hydroxyl groups excluding tert-OH is 1. The van der Waals surface area contributed by atoms with E-state index >= 15 is 0 Å². The first kappa shape index (κ1) is 9.79. The van der Waals surface area contributed by atoms with E-state index in [0.29, 0.717) is 0 Å². The monoisotopic (exact) mass is 195 g/mol. The van der Waals surface area contributed by atoms with Crippen LogP contribution in [0.4, 0.5) is 23.2 Å². The van der Waals surface area contributed by atoms with Crippen molar-refractivity contribution in [1.82, 2.24) is 0 Å². The standard InChI is InChI=1S/C7H5F4NO/c8-3-2(1-13)4(9)6(11)7(12)5(3)10/h13H,1,12H2. The number of rotatable bonds is 1. The van der Waals surface area contributed by atoms with Crippen LogP contribution in [0.2, 0.25) is 0 Å². The van der Waals surface area contributed by atoms with E-state index in [1.165, 1.54) is 0 Å². The van der Waals surface area contributed by atoms with E-state index in [0.717, 1.165) is 0 Å². The van der Waals surface area contributed by atoms with Crippen molar-refractivity contribution in [3.05, 3.63) is 28.8 Å². The summed E-state index contributed by atoms with van der Waals surface area (Å²) in [6.45, 7) is -1.13. The molecule has 0 atom stereocenters. The number of hydrogen-bond donors (Lipinski definition) is 2. The lowest BCUT2D eigenvalue weighted by atomic mass is 10.1. The van der Waals surface area contributed by atoms with Crippen LogP contribution >= 0.6 is 0 Å². The highest BCUT2D eigenvalue weighted by Crippen LogP contribution is 2.25. The fourth-order valence-corrected chi connectivity index (χ4v) is 0.833. The lowest BCUT2D eigenvalue weighted by Crippen LogP contribution is -2.07. The van der Waals surface area contributed by atoms with E-state index in [2.05, 4.69) is 0 Å². The Morgan fingerprint density at radius 2 is 1.31 bits per heavy atom. The summed E-state index contributed by atoms with van der Waals surface area (Å²) in [5.41, 5.74) is 2.40. The molecule has 0 heterocycles. The second-order valence-electron chi connectivity index (χ2n) is 2.31. The van der Waals surface area contributed by atoms with Crippen molar-refractivity contribution in [2.75, 3.05) is 5.73 Å². The number of nitrogens with two attached hydrogens (primary N) is 1. The van der Waals surface area contributed by atoms with Crippen molar-refractivity contribution in [2.45, 2.75) is 6.61 Å². The van der Waals surface area contributed by atoms with Crippen LogP contribution in [0.5, 0.6) is 0 Å². The molecule has 0 amide bonds. The highest BCUT2D eigenvalue weighted by atomic mass is 19.2. The van der Waals surface area contributed by atoms with Crippen LogP contribution in [0.1, 0.15) is 5.56 Å². The molecule has 0 radical (unpaired) electrons. The normalized spacial score (nSPS) is 10.5. The Bertz CT molecular complexity index is 324. The number of anilines is 1. The van der Waals surface area contributed by atoms with Gasteiger partial charge in [0.1, 0.15) is 5.69 Å². The van der Waals surface area contributed by atoms with Gasteiger partial charge in [-0.15, -0.1) is 0 Å². The van der Waals surface area contributed by atoms with Crippen LogP contribution in [-0.2, 0) is 6.61 Å². The summed E-state index contributed by atoms with van der Waals surface area (Å²) in [6.07, 6.45) is 0. The molecule has 0 bridgehead atoms. The van der Waals surface area contributed by atoms with Crippen LogP contribution in [0.3, 0.4) is 0 Å². The summed E-state index contributed by atoms with van der Waals surface area (Å²) < 4.78 is 50.6. The molecule has 1 aromatic rings. The first-order chi connectivity index (χ1) is 6.00. The molecule has 0 saturated heterocycles.